The van der Waals surface area contributed by atoms with E-state index in [0.29, 0.717) is 12.5 Å². The third kappa shape index (κ3) is 3.74. The third-order valence-corrected chi connectivity index (χ3v) is 5.92. The lowest BCUT2D eigenvalue weighted by Crippen LogP contribution is -2.47. The van der Waals surface area contributed by atoms with Crippen LogP contribution in [0.1, 0.15) is 30.9 Å². The molecule has 1 aliphatic carbocycles. The zero-order chi connectivity index (χ0) is 18.8. The van der Waals surface area contributed by atoms with Gasteiger partial charge >= 0.3 is 0 Å². The van der Waals surface area contributed by atoms with E-state index in [1.165, 1.54) is 0 Å². The average molecular weight is 371 g/mol. The summed E-state index contributed by atoms with van der Waals surface area (Å²) in [5, 5.41) is 21.0. The molecular formula is C20H29N5O2. The van der Waals surface area contributed by atoms with Crippen LogP contribution in [0.4, 0.5) is 5.95 Å². The van der Waals surface area contributed by atoms with Gasteiger partial charge in [0.1, 0.15) is 0 Å². The van der Waals surface area contributed by atoms with E-state index < -0.39 is 0 Å². The van der Waals surface area contributed by atoms with Gasteiger partial charge in [-0.2, -0.15) is 0 Å². The summed E-state index contributed by atoms with van der Waals surface area (Å²) in [6.45, 7) is 7.64. The van der Waals surface area contributed by atoms with E-state index in [2.05, 4.69) is 26.7 Å². The summed E-state index contributed by atoms with van der Waals surface area (Å²) in [6, 6.07) is 1.84. The molecule has 4 rings (SSSR count). The highest BCUT2D eigenvalue weighted by atomic mass is 16.3. The molecule has 0 spiro atoms. The molecule has 7 heteroatoms. The summed E-state index contributed by atoms with van der Waals surface area (Å²) in [5.74, 6) is 1.93. The first-order valence-corrected chi connectivity index (χ1v) is 10.00. The van der Waals surface area contributed by atoms with Gasteiger partial charge in [-0.3, -0.25) is 9.47 Å². The van der Waals surface area contributed by atoms with Gasteiger partial charge in [0.25, 0.3) is 0 Å². The van der Waals surface area contributed by atoms with Crippen molar-refractivity contribution >= 4 is 5.95 Å². The molecular weight excluding hydrogens is 342 g/mol. The Bertz CT molecular complexity index is 768. The molecule has 0 amide bonds. The molecule has 2 aromatic rings. The van der Waals surface area contributed by atoms with E-state index in [-0.39, 0.29) is 11.8 Å². The normalized spacial score (nSPS) is 20.6. The molecule has 1 unspecified atom stereocenters. The summed E-state index contributed by atoms with van der Waals surface area (Å²) < 4.78 is 1.71. The number of nitrogens with zero attached hydrogens (tertiary/aromatic N) is 5. The summed E-state index contributed by atoms with van der Waals surface area (Å²) in [5.41, 5.74) is 1.92. The van der Waals surface area contributed by atoms with Crippen LogP contribution in [0.5, 0.6) is 11.8 Å². The Labute approximate surface area is 160 Å². The standard InChI is InChI=1S/C20H29N5O2/c1-15-4-5-16-17(14-15)19(27)25(18(16)26)9-3-8-23-10-12-24(13-11-23)20-21-6-2-7-22-20/h2,6-7,15,26-27H,3-5,8-14H2,1H3. The molecule has 3 heterocycles. The predicted molar refractivity (Wildman–Crippen MR) is 104 cm³/mol. The van der Waals surface area contributed by atoms with Crippen LogP contribution >= 0.6 is 0 Å². The first kappa shape index (κ1) is 18.1. The highest BCUT2D eigenvalue weighted by Gasteiger charge is 2.27. The Hall–Kier alpha value is -2.28. The van der Waals surface area contributed by atoms with Crippen molar-refractivity contribution in [2.75, 3.05) is 37.6 Å². The van der Waals surface area contributed by atoms with Crippen LogP contribution in [0, 0.1) is 5.92 Å². The van der Waals surface area contributed by atoms with Gasteiger partial charge in [0.2, 0.25) is 5.95 Å². The highest BCUT2D eigenvalue weighted by Crippen LogP contribution is 2.40. The predicted octanol–water partition coefficient (Wildman–Crippen LogP) is 2.03. The average Bonchev–Trinajstić information content (AvgIpc) is 2.93. The molecule has 1 aliphatic heterocycles. The fourth-order valence-corrected chi connectivity index (χ4v) is 4.30. The summed E-state index contributed by atoms with van der Waals surface area (Å²) in [7, 11) is 0. The number of rotatable bonds is 5. The number of anilines is 1. The van der Waals surface area contributed by atoms with Gasteiger partial charge in [0, 0.05) is 56.2 Å². The van der Waals surface area contributed by atoms with Crippen molar-refractivity contribution in [1.82, 2.24) is 19.4 Å². The molecule has 0 radical (unpaired) electrons. The minimum atomic E-state index is 0.278. The zero-order valence-electron chi connectivity index (χ0n) is 16.0. The highest BCUT2D eigenvalue weighted by molar-refractivity contribution is 5.47. The number of hydrogen-bond acceptors (Lipinski definition) is 6. The van der Waals surface area contributed by atoms with Crippen molar-refractivity contribution in [3.63, 3.8) is 0 Å². The molecule has 1 saturated heterocycles. The maximum Gasteiger partial charge on any atom is 0.225 e. The second-order valence-electron chi connectivity index (χ2n) is 7.83. The molecule has 2 aliphatic rings. The van der Waals surface area contributed by atoms with Crippen LogP contribution in [-0.2, 0) is 19.4 Å². The van der Waals surface area contributed by atoms with Crippen molar-refractivity contribution in [3.05, 3.63) is 29.6 Å². The fraction of sp³-hybridized carbons (Fsp3) is 0.600. The number of hydrogen-bond donors (Lipinski definition) is 2. The molecule has 7 nitrogen and oxygen atoms in total. The van der Waals surface area contributed by atoms with Crippen molar-refractivity contribution in [2.24, 2.45) is 5.92 Å². The molecule has 2 aromatic heterocycles. The van der Waals surface area contributed by atoms with Crippen LogP contribution in [-0.4, -0.2) is 62.4 Å². The van der Waals surface area contributed by atoms with Crippen molar-refractivity contribution in [2.45, 2.75) is 39.2 Å². The summed E-state index contributed by atoms with van der Waals surface area (Å²) in [6.07, 6.45) is 7.29. The molecule has 1 atom stereocenters. The topological polar surface area (TPSA) is 77.7 Å². The smallest absolute Gasteiger partial charge is 0.225 e. The van der Waals surface area contributed by atoms with Crippen molar-refractivity contribution < 1.29 is 10.2 Å². The first-order chi connectivity index (χ1) is 13.1. The van der Waals surface area contributed by atoms with Gasteiger partial charge < -0.3 is 15.1 Å². The Morgan fingerprint density at radius 3 is 2.44 bits per heavy atom. The Morgan fingerprint density at radius 2 is 1.70 bits per heavy atom. The lowest BCUT2D eigenvalue weighted by atomic mass is 9.87. The monoisotopic (exact) mass is 371 g/mol. The van der Waals surface area contributed by atoms with Crippen LogP contribution in [0.25, 0.3) is 0 Å². The molecule has 0 bridgehead atoms. The maximum atomic E-state index is 10.5. The zero-order valence-corrected chi connectivity index (χ0v) is 16.0. The van der Waals surface area contributed by atoms with Crippen molar-refractivity contribution in [3.8, 4) is 11.8 Å². The third-order valence-electron chi connectivity index (χ3n) is 5.92. The SMILES string of the molecule is CC1CCc2c(c(O)n(CCCN3CCN(c4ncccn4)CC3)c2O)C1. The number of piperazine rings is 1. The molecule has 146 valence electrons. The van der Waals surface area contributed by atoms with E-state index >= 15 is 0 Å². The van der Waals surface area contributed by atoms with E-state index in [9.17, 15) is 10.2 Å². The van der Waals surface area contributed by atoms with Crippen LogP contribution in [0.15, 0.2) is 18.5 Å². The van der Waals surface area contributed by atoms with E-state index in [1.807, 2.05) is 6.07 Å². The molecule has 0 saturated carbocycles. The Morgan fingerprint density at radius 1 is 1.00 bits per heavy atom. The molecule has 2 N–H and O–H groups in total. The molecule has 0 aromatic carbocycles. The Balaban J connectivity index is 1.29. The molecule has 1 fully saturated rings. The van der Waals surface area contributed by atoms with Crippen LogP contribution < -0.4 is 4.90 Å². The van der Waals surface area contributed by atoms with E-state index in [4.69, 9.17) is 0 Å². The number of aromatic nitrogens is 3. The molecule has 27 heavy (non-hydrogen) atoms. The number of fused-ring (bicyclic) bond motifs is 1. The largest absolute Gasteiger partial charge is 0.494 e. The van der Waals surface area contributed by atoms with Gasteiger partial charge in [-0.05, 0) is 44.2 Å². The van der Waals surface area contributed by atoms with Crippen molar-refractivity contribution in [1.29, 1.82) is 0 Å². The minimum absolute atomic E-state index is 0.278. The fourth-order valence-electron chi connectivity index (χ4n) is 4.30. The first-order valence-electron chi connectivity index (χ1n) is 10.00. The Kier molecular flexibility index (Phi) is 5.20. The lowest BCUT2D eigenvalue weighted by Gasteiger charge is -2.34. The van der Waals surface area contributed by atoms with Crippen LogP contribution in [0.2, 0.25) is 0 Å². The summed E-state index contributed by atoms with van der Waals surface area (Å²) >= 11 is 0. The van der Waals surface area contributed by atoms with Gasteiger partial charge in [0.15, 0.2) is 11.8 Å². The minimum Gasteiger partial charge on any atom is -0.494 e. The second kappa shape index (κ2) is 7.76. The number of aromatic hydroxyl groups is 2. The van der Waals surface area contributed by atoms with Gasteiger partial charge in [-0.1, -0.05) is 6.92 Å². The lowest BCUT2D eigenvalue weighted by molar-refractivity contribution is 0.245. The van der Waals surface area contributed by atoms with Crippen LogP contribution in [0.3, 0.4) is 0 Å². The second-order valence-corrected chi connectivity index (χ2v) is 7.83. The quantitative estimate of drug-likeness (QED) is 0.837. The van der Waals surface area contributed by atoms with E-state index in [0.717, 1.165) is 75.5 Å². The van der Waals surface area contributed by atoms with Gasteiger partial charge in [0.05, 0.1) is 0 Å². The maximum absolute atomic E-state index is 10.5. The van der Waals surface area contributed by atoms with Gasteiger partial charge in [-0.25, -0.2) is 9.97 Å². The van der Waals surface area contributed by atoms with Gasteiger partial charge in [-0.15, -0.1) is 0 Å². The summed E-state index contributed by atoms with van der Waals surface area (Å²) in [4.78, 5) is 13.3. The van der Waals surface area contributed by atoms with E-state index in [1.54, 1.807) is 17.0 Å².